The van der Waals surface area contributed by atoms with Crippen molar-refractivity contribution < 1.29 is 4.79 Å². The van der Waals surface area contributed by atoms with Crippen molar-refractivity contribution in [2.75, 3.05) is 13.6 Å². The predicted octanol–water partition coefficient (Wildman–Crippen LogP) is 2.97. The molecule has 4 heteroatoms. The summed E-state index contributed by atoms with van der Waals surface area (Å²) in [6, 6.07) is 7.26. The summed E-state index contributed by atoms with van der Waals surface area (Å²) in [5.74, 6) is 0.699. The molecule has 1 aliphatic rings. The third-order valence-corrected chi connectivity index (χ3v) is 4.23. The van der Waals surface area contributed by atoms with Gasteiger partial charge in [0, 0.05) is 24.7 Å². The topological polar surface area (TPSA) is 46.3 Å². The highest BCUT2D eigenvalue weighted by atomic mass is 32.1. The first-order valence-electron chi connectivity index (χ1n) is 7.23. The molecule has 0 radical (unpaired) electrons. The molecule has 108 valence electrons. The summed E-state index contributed by atoms with van der Waals surface area (Å²) in [5.41, 5.74) is 7.02. The number of hydrogen-bond donors (Lipinski definition) is 1. The Kier molecular flexibility index (Phi) is 5.12. The number of carbonyl (C=O) groups excluding carboxylic acids is 1. The smallest absolute Gasteiger partial charge is 0.253 e. The van der Waals surface area contributed by atoms with Crippen LogP contribution in [0, 0.1) is 5.92 Å². The van der Waals surface area contributed by atoms with Crippen molar-refractivity contribution >= 4 is 23.1 Å². The molecule has 1 amide bonds. The maximum atomic E-state index is 12.4. The first-order valence-corrected chi connectivity index (χ1v) is 7.64. The summed E-state index contributed by atoms with van der Waals surface area (Å²) >= 11 is 4.96. The van der Waals surface area contributed by atoms with Crippen LogP contribution < -0.4 is 5.73 Å². The van der Waals surface area contributed by atoms with E-state index in [9.17, 15) is 4.79 Å². The van der Waals surface area contributed by atoms with Gasteiger partial charge in [-0.05, 0) is 30.9 Å². The number of benzene rings is 1. The maximum absolute atomic E-state index is 12.4. The quantitative estimate of drug-likeness (QED) is 0.867. The van der Waals surface area contributed by atoms with Crippen molar-refractivity contribution in [3.8, 4) is 0 Å². The Balaban J connectivity index is 2.02. The number of hydrogen-bond acceptors (Lipinski definition) is 2. The van der Waals surface area contributed by atoms with Crippen LogP contribution in [0.4, 0.5) is 0 Å². The number of carbonyl (C=O) groups is 1. The van der Waals surface area contributed by atoms with E-state index in [4.69, 9.17) is 18.0 Å². The molecule has 1 fully saturated rings. The first kappa shape index (κ1) is 15.0. The molecular weight excluding hydrogens is 268 g/mol. The van der Waals surface area contributed by atoms with Gasteiger partial charge in [-0.15, -0.1) is 0 Å². The molecule has 2 rings (SSSR count). The van der Waals surface area contributed by atoms with Gasteiger partial charge in [0.05, 0.1) is 0 Å². The SMILES string of the molecule is CN(CC1CCCCC1)C(=O)c1cccc(C(N)=S)c1. The molecule has 0 aromatic heterocycles. The zero-order valence-electron chi connectivity index (χ0n) is 12.0. The van der Waals surface area contributed by atoms with Crippen LogP contribution in [-0.2, 0) is 0 Å². The van der Waals surface area contributed by atoms with E-state index in [1.54, 1.807) is 6.07 Å². The van der Waals surface area contributed by atoms with Gasteiger partial charge in [0.15, 0.2) is 0 Å². The summed E-state index contributed by atoms with van der Waals surface area (Å²) < 4.78 is 0. The minimum Gasteiger partial charge on any atom is -0.389 e. The predicted molar refractivity (Wildman–Crippen MR) is 85.9 cm³/mol. The minimum absolute atomic E-state index is 0.0497. The van der Waals surface area contributed by atoms with E-state index in [0.717, 1.165) is 12.1 Å². The van der Waals surface area contributed by atoms with Crippen LogP contribution in [0.25, 0.3) is 0 Å². The molecule has 0 saturated heterocycles. The van der Waals surface area contributed by atoms with Crippen LogP contribution in [0.3, 0.4) is 0 Å². The van der Waals surface area contributed by atoms with Gasteiger partial charge in [0.2, 0.25) is 0 Å². The monoisotopic (exact) mass is 290 g/mol. The van der Waals surface area contributed by atoms with Crippen LogP contribution in [-0.4, -0.2) is 29.4 Å². The van der Waals surface area contributed by atoms with E-state index in [0.29, 0.717) is 16.5 Å². The Morgan fingerprint density at radius 3 is 2.60 bits per heavy atom. The Bertz CT molecular complexity index is 495. The van der Waals surface area contributed by atoms with Crippen molar-refractivity contribution in [3.63, 3.8) is 0 Å². The minimum atomic E-state index is 0.0497. The molecule has 1 aromatic rings. The molecule has 1 aromatic carbocycles. The Labute approximate surface area is 126 Å². The summed E-state index contributed by atoms with van der Waals surface area (Å²) in [5, 5.41) is 0. The molecule has 20 heavy (non-hydrogen) atoms. The van der Waals surface area contributed by atoms with Gasteiger partial charge in [-0.25, -0.2) is 0 Å². The summed E-state index contributed by atoms with van der Waals surface area (Å²) in [4.78, 5) is 14.6. The summed E-state index contributed by atoms with van der Waals surface area (Å²) in [6.45, 7) is 0.843. The zero-order chi connectivity index (χ0) is 14.5. The fraction of sp³-hybridized carbons (Fsp3) is 0.500. The van der Waals surface area contributed by atoms with E-state index in [2.05, 4.69) is 0 Å². The highest BCUT2D eigenvalue weighted by Crippen LogP contribution is 2.24. The van der Waals surface area contributed by atoms with E-state index in [1.165, 1.54) is 32.1 Å². The molecule has 0 unspecified atom stereocenters. The molecule has 3 nitrogen and oxygen atoms in total. The second-order valence-corrected chi connectivity index (χ2v) is 6.07. The first-order chi connectivity index (χ1) is 9.58. The van der Waals surface area contributed by atoms with E-state index in [1.807, 2.05) is 30.1 Å². The lowest BCUT2D eigenvalue weighted by Crippen LogP contribution is -2.32. The van der Waals surface area contributed by atoms with E-state index >= 15 is 0 Å². The van der Waals surface area contributed by atoms with Crippen LogP contribution in [0.5, 0.6) is 0 Å². The van der Waals surface area contributed by atoms with Gasteiger partial charge in [0.25, 0.3) is 5.91 Å². The average Bonchev–Trinajstić information content (AvgIpc) is 2.47. The standard InChI is InChI=1S/C16H22N2OS/c1-18(11-12-6-3-2-4-7-12)16(19)14-9-5-8-13(10-14)15(17)20/h5,8-10,12H,2-4,6-7,11H2,1H3,(H2,17,20). The van der Waals surface area contributed by atoms with Crippen LogP contribution >= 0.6 is 12.2 Å². The van der Waals surface area contributed by atoms with Gasteiger partial charge in [0.1, 0.15) is 4.99 Å². The molecule has 1 aliphatic carbocycles. The van der Waals surface area contributed by atoms with Gasteiger partial charge in [-0.2, -0.15) is 0 Å². The van der Waals surface area contributed by atoms with Crippen molar-refractivity contribution in [1.29, 1.82) is 0 Å². The van der Waals surface area contributed by atoms with Crippen LogP contribution in [0.2, 0.25) is 0 Å². The molecular formula is C16H22N2OS. The molecule has 1 saturated carbocycles. The van der Waals surface area contributed by atoms with Gasteiger partial charge in [-0.1, -0.05) is 43.6 Å². The number of rotatable bonds is 4. The zero-order valence-corrected chi connectivity index (χ0v) is 12.8. The Morgan fingerprint density at radius 2 is 1.95 bits per heavy atom. The maximum Gasteiger partial charge on any atom is 0.253 e. The lowest BCUT2D eigenvalue weighted by Gasteiger charge is -2.27. The molecule has 0 atom stereocenters. The highest BCUT2D eigenvalue weighted by molar-refractivity contribution is 7.80. The lowest BCUT2D eigenvalue weighted by atomic mass is 9.89. The summed E-state index contributed by atoms with van der Waals surface area (Å²) in [6.07, 6.45) is 6.41. The second kappa shape index (κ2) is 6.84. The molecule has 2 N–H and O–H groups in total. The normalized spacial score (nSPS) is 15.8. The number of amides is 1. The Morgan fingerprint density at radius 1 is 1.30 bits per heavy atom. The fourth-order valence-corrected chi connectivity index (χ4v) is 2.99. The van der Waals surface area contributed by atoms with Crippen molar-refractivity contribution in [2.24, 2.45) is 11.7 Å². The molecule has 0 heterocycles. The van der Waals surface area contributed by atoms with Crippen molar-refractivity contribution in [2.45, 2.75) is 32.1 Å². The largest absolute Gasteiger partial charge is 0.389 e. The fourth-order valence-electron chi connectivity index (χ4n) is 2.87. The number of nitrogens with two attached hydrogens (primary N) is 1. The third-order valence-electron chi connectivity index (χ3n) is 4.00. The second-order valence-electron chi connectivity index (χ2n) is 5.63. The average molecular weight is 290 g/mol. The molecule has 0 bridgehead atoms. The number of thiocarbonyl (C=S) groups is 1. The van der Waals surface area contributed by atoms with Gasteiger partial charge in [-0.3, -0.25) is 4.79 Å². The summed E-state index contributed by atoms with van der Waals surface area (Å²) in [7, 11) is 1.88. The van der Waals surface area contributed by atoms with Crippen molar-refractivity contribution in [3.05, 3.63) is 35.4 Å². The lowest BCUT2D eigenvalue weighted by molar-refractivity contribution is 0.0760. The number of nitrogens with zero attached hydrogens (tertiary/aromatic N) is 1. The van der Waals surface area contributed by atoms with Crippen molar-refractivity contribution in [1.82, 2.24) is 4.90 Å². The molecule has 0 aliphatic heterocycles. The third kappa shape index (κ3) is 3.79. The Hall–Kier alpha value is -1.42. The highest BCUT2D eigenvalue weighted by Gasteiger charge is 2.19. The van der Waals surface area contributed by atoms with Gasteiger partial charge >= 0.3 is 0 Å². The van der Waals surface area contributed by atoms with E-state index < -0.39 is 0 Å². The van der Waals surface area contributed by atoms with Crippen LogP contribution in [0.1, 0.15) is 48.0 Å². The molecule has 0 spiro atoms. The van der Waals surface area contributed by atoms with Crippen LogP contribution in [0.15, 0.2) is 24.3 Å². The van der Waals surface area contributed by atoms with Gasteiger partial charge < -0.3 is 10.6 Å². The van der Waals surface area contributed by atoms with E-state index in [-0.39, 0.29) is 5.91 Å².